The van der Waals surface area contributed by atoms with Crippen molar-refractivity contribution in [2.45, 2.75) is 84.5 Å². The molecule has 0 aromatic rings. The summed E-state index contributed by atoms with van der Waals surface area (Å²) in [4.78, 5) is 0. The minimum atomic E-state index is -4.82. The van der Waals surface area contributed by atoms with E-state index < -0.39 is 35.9 Å². The van der Waals surface area contributed by atoms with Crippen molar-refractivity contribution in [2.24, 2.45) is 0 Å². The molecule has 116 valence electrons. The summed E-state index contributed by atoms with van der Waals surface area (Å²) in [5, 5.41) is 0. The molecule has 0 heterocycles. The van der Waals surface area contributed by atoms with Crippen molar-refractivity contribution in [3.8, 4) is 0 Å². The molecule has 0 aromatic heterocycles. The van der Waals surface area contributed by atoms with Crippen LogP contribution in [0.4, 0.5) is 0 Å². The van der Waals surface area contributed by atoms with Crippen LogP contribution in [0.15, 0.2) is 0 Å². The molecule has 0 amide bonds. The van der Waals surface area contributed by atoms with Gasteiger partial charge in [-0.3, -0.25) is 0 Å². The Balaban J connectivity index is 4.95. The summed E-state index contributed by atoms with van der Waals surface area (Å²) < 4.78 is 31.9. The van der Waals surface area contributed by atoms with Crippen molar-refractivity contribution in [3.05, 3.63) is 0 Å². The quantitative estimate of drug-likeness (QED) is 0.605. The second-order valence-electron chi connectivity index (χ2n) is 6.30. The second-order valence-corrected chi connectivity index (χ2v) is 15.1. The predicted octanol–water partition coefficient (Wildman–Crippen LogP) is 3.79. The Hall–Kier alpha value is 0.940. The molecule has 0 aliphatic heterocycles. The van der Waals surface area contributed by atoms with Crippen LogP contribution in [-0.2, 0) is 27.3 Å². The zero-order chi connectivity index (χ0) is 15.2. The normalized spacial score (nSPS) is 13.9. The molecule has 2 N–H and O–H groups in total. The van der Waals surface area contributed by atoms with Crippen LogP contribution in [0, 0.1) is 0 Å². The van der Waals surface area contributed by atoms with Crippen LogP contribution < -0.4 is 0 Å². The zero-order valence-corrected chi connectivity index (χ0v) is 16.9. The topological polar surface area (TPSA) is 58.9 Å². The maximum absolute atomic E-state index is 10.2. The van der Waals surface area contributed by atoms with Crippen molar-refractivity contribution in [2.75, 3.05) is 0 Å². The molecule has 0 aliphatic rings. The van der Waals surface area contributed by atoms with Crippen LogP contribution in [0.2, 0.25) is 18.1 Å². The molecule has 0 atom stereocenters. The molecule has 6 heteroatoms. The molecular weight excluding hydrogens is 339 g/mol. The van der Waals surface area contributed by atoms with Crippen LogP contribution in [0.1, 0.15) is 60.8 Å². The molecule has 19 heavy (non-hydrogen) atoms. The molecule has 0 unspecified atom stereocenters. The fraction of sp³-hybridized carbons (Fsp3) is 1.00. The van der Waals surface area contributed by atoms with E-state index in [1.807, 2.05) is 20.8 Å². The van der Waals surface area contributed by atoms with E-state index >= 15 is 0 Å². The van der Waals surface area contributed by atoms with E-state index in [0.29, 0.717) is 0 Å². The van der Waals surface area contributed by atoms with E-state index in [0.717, 1.165) is 37.4 Å². The molecule has 0 aromatic carbocycles. The predicted molar refractivity (Wildman–Crippen MR) is 77.4 cm³/mol. The summed E-state index contributed by atoms with van der Waals surface area (Å²) in [5.41, 5.74) is -0.565. The van der Waals surface area contributed by atoms with Crippen LogP contribution in [-0.4, -0.2) is 20.3 Å². The summed E-state index contributed by atoms with van der Waals surface area (Å²) >= 11 is -4.82. The molecule has 0 saturated carbocycles. The summed E-state index contributed by atoms with van der Waals surface area (Å²) in [6, 6.07) is 2.96. The van der Waals surface area contributed by atoms with E-state index in [1.54, 1.807) is 0 Å². The van der Waals surface area contributed by atoms with Gasteiger partial charge in [0, 0.05) is 0 Å². The van der Waals surface area contributed by atoms with Gasteiger partial charge in [-0.15, -0.1) is 0 Å². The molecule has 0 spiro atoms. The van der Waals surface area contributed by atoms with Crippen molar-refractivity contribution < 1.29 is 33.7 Å². The molecule has 0 rings (SSSR count). The number of rotatable bonds is 9. The first kappa shape index (κ1) is 19.9. The van der Waals surface area contributed by atoms with Gasteiger partial charge in [0.15, 0.2) is 0 Å². The number of hydrogen-bond acceptors (Lipinski definition) is 4. The van der Waals surface area contributed by atoms with E-state index in [2.05, 4.69) is 20.8 Å². The van der Waals surface area contributed by atoms with Crippen LogP contribution in [0.5, 0.6) is 0 Å². The van der Waals surface area contributed by atoms with Crippen LogP contribution in [0.3, 0.4) is 0 Å². The van der Waals surface area contributed by atoms with Gasteiger partial charge < -0.3 is 0 Å². The molecule has 0 bridgehead atoms. The second kappa shape index (κ2) is 8.40. The van der Waals surface area contributed by atoms with E-state index in [-0.39, 0.29) is 0 Å². The van der Waals surface area contributed by atoms with Crippen molar-refractivity contribution in [1.29, 1.82) is 0 Å². The van der Waals surface area contributed by atoms with E-state index in [1.165, 1.54) is 0 Å². The van der Waals surface area contributed by atoms with Crippen molar-refractivity contribution in [3.63, 3.8) is 0 Å². The zero-order valence-electron chi connectivity index (χ0n) is 13.5. The standard InChI is InChI=1S/C9H21OSi.C4H9O.2H2O.Zr/c1-4-7-11(10,8-5-2)9-6-3;1-4(2,3)5;;;/h4-9H2,1-3H3;1-3H3;2*1H2;/q2*-1;;;+4/p-2. The van der Waals surface area contributed by atoms with Gasteiger partial charge in [-0.25, -0.2) is 0 Å². The third kappa shape index (κ3) is 8.74. The van der Waals surface area contributed by atoms with Crippen LogP contribution >= 0.6 is 0 Å². The molecular formula is C13H32O4SiZr. The first-order valence-corrected chi connectivity index (χ1v) is 14.2. The Morgan fingerprint density at radius 3 is 1.53 bits per heavy atom. The average Bonchev–Trinajstić information content (AvgIpc) is 2.13. The third-order valence-electron chi connectivity index (χ3n) is 2.91. The summed E-state index contributed by atoms with van der Waals surface area (Å²) in [7, 11) is -2.06. The summed E-state index contributed by atoms with van der Waals surface area (Å²) in [6.45, 7) is 11.9. The Bertz CT molecular complexity index is 236. The van der Waals surface area contributed by atoms with Gasteiger partial charge in [-0.2, -0.15) is 0 Å². The molecule has 0 fully saturated rings. The first-order valence-electron chi connectivity index (χ1n) is 7.45. The van der Waals surface area contributed by atoms with Gasteiger partial charge in [0.25, 0.3) is 0 Å². The van der Waals surface area contributed by atoms with Crippen molar-refractivity contribution >= 4 is 8.32 Å². The Morgan fingerprint density at radius 1 is 0.895 bits per heavy atom. The molecule has 0 aliphatic carbocycles. The van der Waals surface area contributed by atoms with Gasteiger partial charge in [0.05, 0.1) is 0 Å². The molecule has 0 radical (unpaired) electrons. The number of hydrogen-bond donors (Lipinski definition) is 2. The Labute approximate surface area is 126 Å². The van der Waals surface area contributed by atoms with Gasteiger partial charge in [0.2, 0.25) is 0 Å². The molecule has 0 saturated heterocycles. The fourth-order valence-corrected chi connectivity index (χ4v) is 15.7. The average molecular weight is 372 g/mol. The fourth-order valence-electron chi connectivity index (χ4n) is 2.60. The van der Waals surface area contributed by atoms with E-state index in [9.17, 15) is 6.37 Å². The van der Waals surface area contributed by atoms with Gasteiger partial charge >= 0.3 is 127 Å². The first-order chi connectivity index (χ1) is 8.60. The Morgan fingerprint density at radius 2 is 1.26 bits per heavy atom. The van der Waals surface area contributed by atoms with Gasteiger partial charge in [0.1, 0.15) is 0 Å². The SMILES string of the molecule is CCC[Si](CCC)(CCC)[O][Zr]([OH])([OH])[O]C(C)(C)C. The van der Waals surface area contributed by atoms with Gasteiger partial charge in [-0.1, -0.05) is 0 Å². The van der Waals surface area contributed by atoms with Crippen molar-refractivity contribution in [1.82, 2.24) is 0 Å². The summed E-state index contributed by atoms with van der Waals surface area (Å²) in [5.74, 6) is 0. The Kier molecular flexibility index (Phi) is 8.81. The maximum atomic E-state index is 10.2. The third-order valence-corrected chi connectivity index (χ3v) is 15.2. The molecule has 4 nitrogen and oxygen atoms in total. The van der Waals surface area contributed by atoms with E-state index in [4.69, 9.17) is 5.32 Å². The summed E-state index contributed by atoms with van der Waals surface area (Å²) in [6.07, 6.45) is 3.09. The minimum absolute atomic E-state index is 0.565. The van der Waals surface area contributed by atoms with Gasteiger partial charge in [-0.05, 0) is 0 Å². The van der Waals surface area contributed by atoms with Crippen LogP contribution in [0.25, 0.3) is 0 Å². The monoisotopic (exact) mass is 370 g/mol.